The van der Waals surface area contributed by atoms with Crippen molar-refractivity contribution in [3.8, 4) is 0 Å². The molecule has 1 heteroatoms. The molecule has 0 heterocycles. The van der Waals surface area contributed by atoms with E-state index in [1.54, 1.807) is 0 Å². The Morgan fingerprint density at radius 1 is 1.00 bits per heavy atom. The van der Waals surface area contributed by atoms with Crippen molar-refractivity contribution >= 4 is 0 Å². The van der Waals surface area contributed by atoms with Crippen molar-refractivity contribution in [2.45, 2.75) is 46.0 Å². The predicted molar refractivity (Wildman–Crippen MR) is 86.2 cm³/mol. The zero-order valence-electron chi connectivity index (χ0n) is 12.5. The Balaban J connectivity index is 4.32. The van der Waals surface area contributed by atoms with E-state index in [2.05, 4.69) is 39.2 Å². The van der Waals surface area contributed by atoms with E-state index in [-0.39, 0.29) is 6.61 Å². The molecule has 0 aromatic rings. The minimum Gasteiger partial charge on any atom is -0.392 e. The summed E-state index contributed by atoms with van der Waals surface area (Å²) in [6.45, 7) is 11.9. The van der Waals surface area contributed by atoms with Gasteiger partial charge in [0.25, 0.3) is 0 Å². The van der Waals surface area contributed by atoms with E-state index >= 15 is 0 Å². The molecule has 0 aromatic carbocycles. The molecule has 1 nitrogen and oxygen atoms in total. The summed E-state index contributed by atoms with van der Waals surface area (Å²) in [7, 11) is 0. The zero-order valence-corrected chi connectivity index (χ0v) is 12.5. The van der Waals surface area contributed by atoms with E-state index in [1.165, 1.54) is 11.1 Å². The van der Waals surface area contributed by atoms with Crippen LogP contribution in [0.3, 0.4) is 0 Å². The van der Waals surface area contributed by atoms with Gasteiger partial charge in [0.1, 0.15) is 0 Å². The minimum atomic E-state index is 0.0884. The van der Waals surface area contributed by atoms with Crippen LogP contribution in [0.4, 0.5) is 0 Å². The second-order valence-electron chi connectivity index (χ2n) is 4.88. The summed E-state index contributed by atoms with van der Waals surface area (Å²) in [5, 5.41) is 8.87. The Labute approximate surface area is 118 Å². The van der Waals surface area contributed by atoms with Gasteiger partial charge < -0.3 is 5.11 Å². The molecular formula is C18H28O. The third-order valence-electron chi connectivity index (χ3n) is 2.91. The second kappa shape index (κ2) is 11.7. The van der Waals surface area contributed by atoms with Gasteiger partial charge in [0, 0.05) is 0 Å². The molecule has 1 N–H and O–H groups in total. The van der Waals surface area contributed by atoms with Crippen LogP contribution in [0.1, 0.15) is 46.0 Å². The maximum Gasteiger partial charge on any atom is 0.0618 e. The smallest absolute Gasteiger partial charge is 0.0618 e. The zero-order chi connectivity index (χ0) is 14.5. The van der Waals surface area contributed by atoms with Crippen LogP contribution in [0.5, 0.6) is 0 Å². The van der Waals surface area contributed by atoms with Gasteiger partial charge in [-0.1, -0.05) is 53.7 Å². The first-order chi connectivity index (χ1) is 9.13. The van der Waals surface area contributed by atoms with Gasteiger partial charge in [-0.15, -0.1) is 6.58 Å². The monoisotopic (exact) mass is 260 g/mol. The van der Waals surface area contributed by atoms with Crippen LogP contribution in [0, 0.1) is 0 Å². The molecular weight excluding hydrogens is 232 g/mol. The predicted octanol–water partition coefficient (Wildman–Crippen LogP) is 5.12. The van der Waals surface area contributed by atoms with Gasteiger partial charge in [0.15, 0.2) is 0 Å². The molecule has 0 amide bonds. The number of aliphatic hydroxyl groups excluding tert-OH is 1. The molecule has 0 bridgehead atoms. The van der Waals surface area contributed by atoms with Gasteiger partial charge in [0.2, 0.25) is 0 Å². The van der Waals surface area contributed by atoms with Crippen LogP contribution in [0.25, 0.3) is 0 Å². The molecule has 0 spiro atoms. The van der Waals surface area contributed by atoms with Crippen LogP contribution < -0.4 is 0 Å². The van der Waals surface area contributed by atoms with Crippen LogP contribution in [-0.2, 0) is 0 Å². The van der Waals surface area contributed by atoms with E-state index in [4.69, 9.17) is 5.11 Å². The van der Waals surface area contributed by atoms with E-state index in [9.17, 15) is 0 Å². The molecule has 19 heavy (non-hydrogen) atoms. The molecule has 0 radical (unpaired) electrons. The first-order valence-electron chi connectivity index (χ1n) is 6.98. The van der Waals surface area contributed by atoms with Crippen LogP contribution >= 0.6 is 0 Å². The van der Waals surface area contributed by atoms with E-state index < -0.39 is 0 Å². The molecule has 0 aromatic heterocycles. The average molecular weight is 260 g/mol. The lowest BCUT2D eigenvalue weighted by Crippen LogP contribution is -1.86. The summed E-state index contributed by atoms with van der Waals surface area (Å²) in [6.07, 6.45) is 15.3. The lowest BCUT2D eigenvalue weighted by Gasteiger charge is -2.04. The first-order valence-corrected chi connectivity index (χ1v) is 6.98. The topological polar surface area (TPSA) is 20.2 Å². The fourth-order valence-corrected chi connectivity index (χ4v) is 1.87. The lowest BCUT2D eigenvalue weighted by molar-refractivity contribution is 0.342. The Bertz CT molecular complexity index is 352. The highest BCUT2D eigenvalue weighted by Gasteiger charge is 1.96. The number of aliphatic hydroxyl groups is 1. The minimum absolute atomic E-state index is 0.0884. The fourth-order valence-electron chi connectivity index (χ4n) is 1.87. The summed E-state index contributed by atoms with van der Waals surface area (Å²) < 4.78 is 0. The largest absolute Gasteiger partial charge is 0.392 e. The summed E-state index contributed by atoms with van der Waals surface area (Å²) in [4.78, 5) is 0. The SMILES string of the molecule is C=CC/C(=C\CC/C(C=C)=C/CO)CCC=C(C)C. The quantitative estimate of drug-likeness (QED) is 0.427. The number of hydrogen-bond donors (Lipinski definition) is 1. The van der Waals surface area contributed by atoms with Crippen molar-refractivity contribution in [2.75, 3.05) is 6.61 Å². The highest BCUT2D eigenvalue weighted by Crippen LogP contribution is 2.15. The molecule has 106 valence electrons. The molecule has 0 saturated carbocycles. The number of rotatable bonds is 10. The highest BCUT2D eigenvalue weighted by molar-refractivity contribution is 5.17. The Kier molecular flexibility index (Phi) is 10.9. The van der Waals surface area contributed by atoms with Crippen molar-refractivity contribution in [2.24, 2.45) is 0 Å². The van der Waals surface area contributed by atoms with Gasteiger partial charge in [-0.05, 0) is 46.0 Å². The summed E-state index contributed by atoms with van der Waals surface area (Å²) in [6, 6.07) is 0. The molecule has 0 saturated heterocycles. The normalized spacial score (nSPS) is 12.2. The first kappa shape index (κ1) is 17.7. The molecule has 0 aliphatic rings. The van der Waals surface area contributed by atoms with Crippen molar-refractivity contribution in [1.82, 2.24) is 0 Å². The van der Waals surface area contributed by atoms with Gasteiger partial charge in [0.05, 0.1) is 6.61 Å². The van der Waals surface area contributed by atoms with Crippen LogP contribution in [0.2, 0.25) is 0 Å². The molecule has 0 rings (SSSR count). The van der Waals surface area contributed by atoms with Gasteiger partial charge >= 0.3 is 0 Å². The van der Waals surface area contributed by atoms with Crippen molar-refractivity contribution < 1.29 is 5.11 Å². The van der Waals surface area contributed by atoms with Crippen LogP contribution in [-0.4, -0.2) is 11.7 Å². The standard InChI is InChI=1S/C18H28O/c1-5-9-18(12-7-10-16(3)4)13-8-11-17(6-2)14-15-19/h5-6,10,13-14,19H,1-2,7-9,11-12,15H2,3-4H3/b17-14+,18-13+. The number of hydrogen-bond acceptors (Lipinski definition) is 1. The van der Waals surface area contributed by atoms with E-state index in [0.29, 0.717) is 0 Å². The Morgan fingerprint density at radius 3 is 2.21 bits per heavy atom. The van der Waals surface area contributed by atoms with Crippen molar-refractivity contribution in [3.63, 3.8) is 0 Å². The maximum atomic E-state index is 8.87. The molecule has 0 fully saturated rings. The van der Waals surface area contributed by atoms with Gasteiger partial charge in [-0.25, -0.2) is 0 Å². The average Bonchev–Trinajstić information content (AvgIpc) is 2.37. The lowest BCUT2D eigenvalue weighted by atomic mass is 10.0. The van der Waals surface area contributed by atoms with Gasteiger partial charge in [-0.3, -0.25) is 0 Å². The molecule has 0 aliphatic heterocycles. The molecule has 0 unspecified atom stereocenters. The summed E-state index contributed by atoms with van der Waals surface area (Å²) >= 11 is 0. The highest BCUT2D eigenvalue weighted by atomic mass is 16.2. The van der Waals surface area contributed by atoms with Crippen LogP contribution in [0.15, 0.2) is 60.3 Å². The molecule has 0 atom stereocenters. The van der Waals surface area contributed by atoms with E-state index in [1.807, 2.05) is 18.2 Å². The third kappa shape index (κ3) is 10.3. The van der Waals surface area contributed by atoms with E-state index in [0.717, 1.165) is 37.7 Å². The maximum absolute atomic E-state index is 8.87. The number of allylic oxidation sites excluding steroid dienone is 7. The Hall–Kier alpha value is -1.34. The summed E-state index contributed by atoms with van der Waals surface area (Å²) in [5.74, 6) is 0. The van der Waals surface area contributed by atoms with Crippen molar-refractivity contribution in [3.05, 3.63) is 60.3 Å². The van der Waals surface area contributed by atoms with Gasteiger partial charge in [-0.2, -0.15) is 0 Å². The third-order valence-corrected chi connectivity index (χ3v) is 2.91. The summed E-state index contributed by atoms with van der Waals surface area (Å²) in [5.41, 5.74) is 3.93. The van der Waals surface area contributed by atoms with Crippen molar-refractivity contribution in [1.29, 1.82) is 0 Å². The fraction of sp³-hybridized carbons (Fsp3) is 0.444. The second-order valence-corrected chi connectivity index (χ2v) is 4.88. The Morgan fingerprint density at radius 2 is 1.68 bits per heavy atom. The molecule has 0 aliphatic carbocycles.